The van der Waals surface area contributed by atoms with Crippen molar-refractivity contribution in [1.82, 2.24) is 0 Å². The van der Waals surface area contributed by atoms with Crippen molar-refractivity contribution in [2.24, 2.45) is 0 Å². The minimum Gasteiger partial charge on any atom is -0.507 e. The molecule has 0 spiro atoms. The molecule has 13 N–H and O–H groups in total. The van der Waals surface area contributed by atoms with Crippen molar-refractivity contribution in [3.8, 4) is 34.3 Å². The number of hydrogen-bond donors (Lipinski definition) is 13. The topological polar surface area (TPSA) is 339 Å². The van der Waals surface area contributed by atoms with Crippen LogP contribution >= 0.6 is 0 Å². The summed E-state index contributed by atoms with van der Waals surface area (Å²) in [4.78, 5) is 13.5. The van der Waals surface area contributed by atoms with Crippen LogP contribution < -0.4 is 10.2 Å². The van der Waals surface area contributed by atoms with E-state index >= 15 is 0 Å². The highest BCUT2D eigenvalue weighted by Gasteiger charge is 2.51. The summed E-state index contributed by atoms with van der Waals surface area (Å²) in [7, 11) is 0. The SMILES string of the molecule is CC1OC(OC2C(c3c(O)cc(O)c4c(=O)cc(-c5ccc(OC6OC(CO)C(O)C(O)C6O)c(O)c5)oc34)OC(CO)C(O)C2O)C(O)C(O)C1O. The zero-order chi connectivity index (χ0) is 38.6. The molecule has 15 unspecified atom stereocenters. The Hall–Kier alpha value is -3.71. The molecule has 2 aromatic carbocycles. The number of phenols is 3. The van der Waals surface area contributed by atoms with Gasteiger partial charge in [0.2, 0.25) is 6.29 Å². The van der Waals surface area contributed by atoms with Gasteiger partial charge in [-0.05, 0) is 25.1 Å². The van der Waals surface area contributed by atoms with E-state index in [1.807, 2.05) is 0 Å². The number of ether oxygens (including phenoxy) is 5. The van der Waals surface area contributed by atoms with E-state index in [0.717, 1.165) is 24.3 Å². The number of fused-ring (bicyclic) bond motifs is 1. The van der Waals surface area contributed by atoms with Crippen molar-refractivity contribution in [3.63, 3.8) is 0 Å². The number of aliphatic hydroxyl groups excluding tert-OH is 10. The van der Waals surface area contributed by atoms with E-state index < -0.39 is 144 Å². The summed E-state index contributed by atoms with van der Waals surface area (Å²) in [5, 5.41) is 135. The minimum absolute atomic E-state index is 0.00208. The Bertz CT molecular complexity index is 1830. The lowest BCUT2D eigenvalue weighted by molar-refractivity contribution is -0.338. The second kappa shape index (κ2) is 15.2. The number of phenolic OH excluding ortho intramolecular Hbond substituents is 3. The molecule has 0 radical (unpaired) electrons. The molecule has 0 amide bonds. The summed E-state index contributed by atoms with van der Waals surface area (Å²) in [6, 6.07) is 5.20. The Morgan fingerprint density at radius 1 is 0.660 bits per heavy atom. The van der Waals surface area contributed by atoms with Crippen LogP contribution in [0.5, 0.6) is 23.0 Å². The fourth-order valence-electron chi connectivity index (χ4n) is 6.55. The third kappa shape index (κ3) is 7.03. The van der Waals surface area contributed by atoms with Gasteiger partial charge in [-0.3, -0.25) is 4.79 Å². The molecule has 0 saturated carbocycles. The number of aliphatic hydroxyl groups is 10. The van der Waals surface area contributed by atoms with Crippen molar-refractivity contribution in [1.29, 1.82) is 0 Å². The first-order chi connectivity index (χ1) is 25.1. The Balaban J connectivity index is 1.40. The molecule has 3 aliphatic rings. The van der Waals surface area contributed by atoms with E-state index in [2.05, 4.69) is 0 Å². The highest BCUT2D eigenvalue weighted by molar-refractivity contribution is 5.89. The van der Waals surface area contributed by atoms with Crippen LogP contribution in [-0.2, 0) is 18.9 Å². The normalized spacial score (nSPS) is 37.8. The molecule has 20 nitrogen and oxygen atoms in total. The van der Waals surface area contributed by atoms with E-state index in [-0.39, 0.29) is 17.1 Å². The van der Waals surface area contributed by atoms with Crippen molar-refractivity contribution >= 4 is 11.0 Å². The highest BCUT2D eigenvalue weighted by Crippen LogP contribution is 2.46. The Kier molecular flexibility index (Phi) is 11.2. The van der Waals surface area contributed by atoms with Crippen molar-refractivity contribution in [3.05, 3.63) is 46.1 Å². The highest BCUT2D eigenvalue weighted by atomic mass is 16.7. The average molecular weight is 757 g/mol. The third-order valence-electron chi connectivity index (χ3n) is 9.58. The number of benzene rings is 2. The smallest absolute Gasteiger partial charge is 0.229 e. The number of hydrogen-bond acceptors (Lipinski definition) is 20. The van der Waals surface area contributed by atoms with Crippen LogP contribution in [0.2, 0.25) is 0 Å². The summed E-state index contributed by atoms with van der Waals surface area (Å²) in [5.74, 6) is -2.74. The largest absolute Gasteiger partial charge is 0.507 e. The molecule has 15 atom stereocenters. The number of rotatable bonds is 8. The van der Waals surface area contributed by atoms with Gasteiger partial charge in [0.15, 0.2) is 28.8 Å². The van der Waals surface area contributed by atoms with Gasteiger partial charge in [-0.1, -0.05) is 0 Å². The van der Waals surface area contributed by atoms with Gasteiger partial charge in [0.1, 0.15) is 95.9 Å². The molecule has 6 rings (SSSR count). The van der Waals surface area contributed by atoms with E-state index in [4.69, 9.17) is 28.1 Å². The lowest BCUT2D eigenvalue weighted by atomic mass is 9.89. The first-order valence-corrected chi connectivity index (χ1v) is 16.4. The maximum absolute atomic E-state index is 13.5. The van der Waals surface area contributed by atoms with Crippen LogP contribution in [0.3, 0.4) is 0 Å². The molecule has 3 fully saturated rings. The molecule has 0 bridgehead atoms. The minimum atomic E-state index is -1.95. The lowest BCUT2D eigenvalue weighted by Crippen LogP contribution is -2.61. The molecule has 0 aliphatic carbocycles. The standard InChI is InChI=1S/C33H40O20/c1-9-21(40)24(43)27(46)32(48-9)53-31-26(45)23(42)17(7-34)50-30(31)20-13(38)5-12(37)19-14(39)6-16(49-29(19)20)10-2-3-15(11(36)4-10)51-33-28(47)25(44)22(41)18(8-35)52-33/h2-6,9,17-18,21-28,30-38,40-47H,7-8H2,1H3. The molecular formula is C33H40O20. The molecule has 20 heteroatoms. The van der Waals surface area contributed by atoms with Gasteiger partial charge in [0.05, 0.1) is 24.9 Å². The van der Waals surface area contributed by atoms with E-state index in [1.165, 1.54) is 13.0 Å². The summed E-state index contributed by atoms with van der Waals surface area (Å²) in [6.07, 6.45) is -25.1. The second-order valence-corrected chi connectivity index (χ2v) is 13.0. The number of aromatic hydroxyl groups is 3. The predicted molar refractivity (Wildman–Crippen MR) is 171 cm³/mol. The van der Waals surface area contributed by atoms with Crippen LogP contribution in [0, 0.1) is 0 Å². The molecule has 3 aromatic rings. The molecule has 1 aromatic heterocycles. The second-order valence-electron chi connectivity index (χ2n) is 13.0. The van der Waals surface area contributed by atoms with E-state index in [1.54, 1.807) is 0 Å². The van der Waals surface area contributed by atoms with Gasteiger partial charge < -0.3 is 94.5 Å². The Labute approximate surface area is 298 Å². The molecule has 53 heavy (non-hydrogen) atoms. The van der Waals surface area contributed by atoms with Gasteiger partial charge >= 0.3 is 0 Å². The van der Waals surface area contributed by atoms with Crippen molar-refractivity contribution < 1.29 is 94.5 Å². The van der Waals surface area contributed by atoms with Gasteiger partial charge in [-0.2, -0.15) is 0 Å². The molecule has 3 saturated heterocycles. The average Bonchev–Trinajstić information content (AvgIpc) is 3.12. The predicted octanol–water partition coefficient (Wildman–Crippen LogP) is -3.88. The van der Waals surface area contributed by atoms with Crippen LogP contribution in [-0.4, -0.2) is 165 Å². The third-order valence-corrected chi connectivity index (χ3v) is 9.58. The Morgan fingerprint density at radius 3 is 1.94 bits per heavy atom. The summed E-state index contributed by atoms with van der Waals surface area (Å²) in [5.41, 5.74) is -1.88. The lowest BCUT2D eigenvalue weighted by Gasteiger charge is -2.46. The quantitative estimate of drug-likeness (QED) is 0.105. The summed E-state index contributed by atoms with van der Waals surface area (Å²) < 4.78 is 33.9. The fraction of sp³-hybridized carbons (Fsp3) is 0.545. The maximum Gasteiger partial charge on any atom is 0.229 e. The van der Waals surface area contributed by atoms with Crippen LogP contribution in [0.25, 0.3) is 22.3 Å². The van der Waals surface area contributed by atoms with Gasteiger partial charge in [-0.25, -0.2) is 0 Å². The van der Waals surface area contributed by atoms with Crippen molar-refractivity contribution in [2.75, 3.05) is 13.2 Å². The van der Waals surface area contributed by atoms with E-state index in [9.17, 15) is 71.2 Å². The zero-order valence-electron chi connectivity index (χ0n) is 27.6. The van der Waals surface area contributed by atoms with E-state index in [0.29, 0.717) is 0 Å². The van der Waals surface area contributed by atoms with Crippen LogP contribution in [0.15, 0.2) is 39.5 Å². The summed E-state index contributed by atoms with van der Waals surface area (Å²) >= 11 is 0. The maximum atomic E-state index is 13.5. The van der Waals surface area contributed by atoms with Gasteiger partial charge in [0, 0.05) is 17.7 Å². The van der Waals surface area contributed by atoms with Gasteiger partial charge in [-0.15, -0.1) is 0 Å². The van der Waals surface area contributed by atoms with Gasteiger partial charge in [0.25, 0.3) is 0 Å². The molecule has 3 aliphatic heterocycles. The molecule has 4 heterocycles. The zero-order valence-corrected chi connectivity index (χ0v) is 27.6. The first kappa shape index (κ1) is 39.0. The monoisotopic (exact) mass is 756 g/mol. The summed E-state index contributed by atoms with van der Waals surface area (Å²) in [6.45, 7) is -0.236. The molecule has 292 valence electrons. The Morgan fingerprint density at radius 2 is 1.28 bits per heavy atom. The van der Waals surface area contributed by atoms with Crippen LogP contribution in [0.4, 0.5) is 0 Å². The molecular weight excluding hydrogens is 716 g/mol. The fourth-order valence-corrected chi connectivity index (χ4v) is 6.55. The van der Waals surface area contributed by atoms with Crippen molar-refractivity contribution in [2.45, 2.75) is 98.9 Å². The first-order valence-electron chi connectivity index (χ1n) is 16.4. The van der Waals surface area contributed by atoms with Crippen LogP contribution in [0.1, 0.15) is 18.6 Å².